The molecule has 1 heterocycles. The monoisotopic (exact) mass is 208 g/mol. The molecule has 0 saturated carbocycles. The van der Waals surface area contributed by atoms with Crippen LogP contribution in [0.1, 0.15) is 19.8 Å². The third-order valence-corrected chi connectivity index (χ3v) is 2.63. The molecule has 1 fully saturated rings. The number of nitriles is 1. The van der Waals surface area contributed by atoms with Crippen molar-refractivity contribution in [3.8, 4) is 6.07 Å². The normalized spacial score (nSPS) is 16.8. The first-order valence-corrected chi connectivity index (χ1v) is 5.18. The highest BCUT2D eigenvalue weighted by atomic mass is 16.5. The van der Waals surface area contributed by atoms with Gasteiger partial charge in [-0.3, -0.25) is 4.79 Å². The summed E-state index contributed by atoms with van der Waals surface area (Å²) < 4.78 is 5.24. The molecule has 4 nitrogen and oxygen atoms in total. The Labute approximate surface area is 90.1 Å². The van der Waals surface area contributed by atoms with Gasteiger partial charge in [-0.25, -0.2) is 0 Å². The van der Waals surface area contributed by atoms with Crippen LogP contribution in [-0.2, 0) is 9.53 Å². The maximum Gasteiger partial charge on any atom is 0.264 e. The van der Waals surface area contributed by atoms with Gasteiger partial charge in [0.1, 0.15) is 11.6 Å². The van der Waals surface area contributed by atoms with Crippen molar-refractivity contribution in [2.24, 2.45) is 0 Å². The van der Waals surface area contributed by atoms with E-state index in [1.165, 1.54) is 0 Å². The molecule has 0 aliphatic carbocycles. The molecule has 15 heavy (non-hydrogen) atoms. The van der Waals surface area contributed by atoms with E-state index in [0.717, 1.165) is 12.8 Å². The Morgan fingerprint density at radius 3 is 2.67 bits per heavy atom. The van der Waals surface area contributed by atoms with Crippen LogP contribution in [0, 0.1) is 11.3 Å². The van der Waals surface area contributed by atoms with E-state index in [-0.39, 0.29) is 17.5 Å². The zero-order chi connectivity index (χ0) is 11.3. The lowest BCUT2D eigenvalue weighted by atomic mass is 10.1. The molecule has 4 heteroatoms. The standard InChI is InChI=1S/C11H16N2O2/c1-3-13(11(14)9(2)8-12)10-4-6-15-7-5-10/h10H,2-7H2,1H3. The van der Waals surface area contributed by atoms with Crippen LogP contribution in [0.15, 0.2) is 12.2 Å². The molecule has 0 aromatic heterocycles. The minimum absolute atomic E-state index is 0.0170. The highest BCUT2D eigenvalue weighted by Crippen LogP contribution is 2.15. The highest BCUT2D eigenvalue weighted by molar-refractivity contribution is 5.96. The molecule has 0 radical (unpaired) electrons. The number of carbonyl (C=O) groups excluding carboxylic acids is 1. The molecule has 0 aromatic carbocycles. The Balaban J connectivity index is 2.65. The van der Waals surface area contributed by atoms with Crippen molar-refractivity contribution >= 4 is 5.91 Å². The molecule has 1 aliphatic heterocycles. The Morgan fingerprint density at radius 2 is 2.20 bits per heavy atom. The van der Waals surface area contributed by atoms with Gasteiger partial charge >= 0.3 is 0 Å². The Hall–Kier alpha value is -1.34. The van der Waals surface area contributed by atoms with E-state index in [9.17, 15) is 4.79 Å². The molecule has 0 spiro atoms. The van der Waals surface area contributed by atoms with Gasteiger partial charge in [-0.15, -0.1) is 0 Å². The molecular formula is C11H16N2O2. The molecule has 1 amide bonds. The molecule has 0 aromatic rings. The van der Waals surface area contributed by atoms with Crippen LogP contribution in [0.25, 0.3) is 0 Å². The summed E-state index contributed by atoms with van der Waals surface area (Å²) in [5, 5.41) is 8.63. The van der Waals surface area contributed by atoms with Crippen LogP contribution < -0.4 is 0 Å². The minimum atomic E-state index is -0.244. The van der Waals surface area contributed by atoms with Gasteiger partial charge in [0.25, 0.3) is 5.91 Å². The molecule has 0 unspecified atom stereocenters. The zero-order valence-corrected chi connectivity index (χ0v) is 9.03. The molecule has 0 N–H and O–H groups in total. The number of carbonyl (C=O) groups is 1. The Kier molecular flexibility index (Phi) is 4.32. The second-order valence-corrected chi connectivity index (χ2v) is 3.53. The summed E-state index contributed by atoms with van der Waals surface area (Å²) in [6.07, 6.45) is 1.69. The summed E-state index contributed by atoms with van der Waals surface area (Å²) >= 11 is 0. The summed E-state index contributed by atoms with van der Waals surface area (Å²) in [6.45, 7) is 7.36. The van der Waals surface area contributed by atoms with E-state index in [2.05, 4.69) is 6.58 Å². The van der Waals surface area contributed by atoms with E-state index in [1.54, 1.807) is 11.0 Å². The van der Waals surface area contributed by atoms with Crippen LogP contribution in [0.2, 0.25) is 0 Å². The van der Waals surface area contributed by atoms with E-state index in [0.29, 0.717) is 19.8 Å². The zero-order valence-electron chi connectivity index (χ0n) is 9.03. The fourth-order valence-corrected chi connectivity index (χ4v) is 1.79. The van der Waals surface area contributed by atoms with Crippen molar-refractivity contribution in [1.82, 2.24) is 4.90 Å². The van der Waals surface area contributed by atoms with E-state index in [1.807, 2.05) is 6.92 Å². The van der Waals surface area contributed by atoms with Gasteiger partial charge in [-0.05, 0) is 19.8 Å². The fraction of sp³-hybridized carbons (Fsp3) is 0.636. The number of likely N-dealkylation sites (N-methyl/N-ethyl adjacent to an activating group) is 1. The second kappa shape index (κ2) is 5.52. The third kappa shape index (κ3) is 2.80. The molecule has 1 aliphatic rings. The van der Waals surface area contributed by atoms with Gasteiger partial charge in [0.15, 0.2) is 0 Å². The van der Waals surface area contributed by atoms with Crippen molar-refractivity contribution in [3.05, 3.63) is 12.2 Å². The van der Waals surface area contributed by atoms with Gasteiger partial charge in [0, 0.05) is 25.8 Å². The van der Waals surface area contributed by atoms with Crippen molar-refractivity contribution < 1.29 is 9.53 Å². The first-order chi connectivity index (χ1) is 7.20. The molecular weight excluding hydrogens is 192 g/mol. The van der Waals surface area contributed by atoms with Gasteiger partial charge in [-0.2, -0.15) is 5.26 Å². The Bertz CT molecular complexity index is 287. The smallest absolute Gasteiger partial charge is 0.264 e. The average Bonchev–Trinajstić information content (AvgIpc) is 2.30. The molecule has 1 rings (SSSR count). The number of ether oxygens (including phenoxy) is 1. The predicted molar refractivity (Wildman–Crippen MR) is 56.0 cm³/mol. The molecule has 82 valence electrons. The maximum absolute atomic E-state index is 11.8. The lowest BCUT2D eigenvalue weighted by molar-refractivity contribution is -0.130. The van der Waals surface area contributed by atoms with Crippen molar-refractivity contribution in [2.75, 3.05) is 19.8 Å². The average molecular weight is 208 g/mol. The SMILES string of the molecule is C=C(C#N)C(=O)N(CC)C1CCOCC1. The third-order valence-electron chi connectivity index (χ3n) is 2.63. The topological polar surface area (TPSA) is 53.3 Å². The van der Waals surface area contributed by atoms with Crippen molar-refractivity contribution in [2.45, 2.75) is 25.8 Å². The largest absolute Gasteiger partial charge is 0.381 e. The first-order valence-electron chi connectivity index (χ1n) is 5.18. The summed E-state index contributed by atoms with van der Waals surface area (Å²) in [4.78, 5) is 13.5. The van der Waals surface area contributed by atoms with Crippen molar-refractivity contribution in [1.29, 1.82) is 5.26 Å². The fourth-order valence-electron chi connectivity index (χ4n) is 1.79. The number of amides is 1. The summed E-state index contributed by atoms with van der Waals surface area (Å²) in [5.41, 5.74) is 0.0170. The number of hydrogen-bond acceptors (Lipinski definition) is 3. The molecule has 0 bridgehead atoms. The lowest BCUT2D eigenvalue weighted by Gasteiger charge is -2.33. The summed E-state index contributed by atoms with van der Waals surface area (Å²) in [7, 11) is 0. The number of nitrogens with zero attached hydrogens (tertiary/aromatic N) is 2. The second-order valence-electron chi connectivity index (χ2n) is 3.53. The van der Waals surface area contributed by atoms with Crippen LogP contribution >= 0.6 is 0 Å². The highest BCUT2D eigenvalue weighted by Gasteiger charge is 2.25. The van der Waals surface area contributed by atoms with E-state index < -0.39 is 0 Å². The van der Waals surface area contributed by atoms with Gasteiger partial charge < -0.3 is 9.64 Å². The molecule has 1 saturated heterocycles. The predicted octanol–water partition coefficient (Wildman–Crippen LogP) is 1.09. The summed E-state index contributed by atoms with van der Waals surface area (Å²) in [6, 6.07) is 2.00. The minimum Gasteiger partial charge on any atom is -0.381 e. The van der Waals surface area contributed by atoms with Gasteiger partial charge in [0.05, 0.1) is 0 Å². The quantitative estimate of drug-likeness (QED) is 0.515. The lowest BCUT2D eigenvalue weighted by Crippen LogP contribution is -2.43. The maximum atomic E-state index is 11.8. The van der Waals surface area contributed by atoms with Crippen LogP contribution in [0.3, 0.4) is 0 Å². The van der Waals surface area contributed by atoms with E-state index >= 15 is 0 Å². The van der Waals surface area contributed by atoms with Crippen LogP contribution in [0.5, 0.6) is 0 Å². The molecule has 0 atom stereocenters. The van der Waals surface area contributed by atoms with Crippen LogP contribution in [-0.4, -0.2) is 36.6 Å². The van der Waals surface area contributed by atoms with Gasteiger partial charge in [-0.1, -0.05) is 6.58 Å². The van der Waals surface area contributed by atoms with Crippen molar-refractivity contribution in [3.63, 3.8) is 0 Å². The number of rotatable bonds is 3. The van der Waals surface area contributed by atoms with Crippen LogP contribution in [0.4, 0.5) is 0 Å². The Morgan fingerprint density at radius 1 is 1.60 bits per heavy atom. The number of hydrogen-bond donors (Lipinski definition) is 0. The van der Waals surface area contributed by atoms with E-state index in [4.69, 9.17) is 10.00 Å². The van der Waals surface area contributed by atoms with Gasteiger partial charge in [0.2, 0.25) is 0 Å². The summed E-state index contributed by atoms with van der Waals surface area (Å²) in [5.74, 6) is -0.244. The first kappa shape index (κ1) is 11.7.